The molecule has 3 rings (SSSR count). The van der Waals surface area contributed by atoms with Crippen LogP contribution >= 0.6 is 11.8 Å². The van der Waals surface area contributed by atoms with Crippen molar-refractivity contribution in [2.45, 2.75) is 38.4 Å². The summed E-state index contributed by atoms with van der Waals surface area (Å²) in [5, 5.41) is 3.23. The number of nitrogens with one attached hydrogen (secondary N) is 1. The first kappa shape index (κ1) is 19.4. The van der Waals surface area contributed by atoms with E-state index in [1.807, 2.05) is 23.1 Å². The number of piperidine rings is 1. The number of aryl methyl sites for hydroxylation is 1. The van der Waals surface area contributed by atoms with Crippen LogP contribution in [0.15, 0.2) is 24.3 Å². The topological polar surface area (TPSA) is 97.0 Å². The number of carbonyl (C=O) groups excluding carboxylic acids is 1. The van der Waals surface area contributed by atoms with Crippen LogP contribution in [0, 0.1) is 0 Å². The lowest BCUT2D eigenvalue weighted by Crippen LogP contribution is -2.36. The van der Waals surface area contributed by atoms with Crippen molar-refractivity contribution in [1.82, 2.24) is 19.9 Å². The van der Waals surface area contributed by atoms with Crippen LogP contribution in [0.3, 0.4) is 0 Å². The van der Waals surface area contributed by atoms with E-state index in [4.69, 9.17) is 5.73 Å². The van der Waals surface area contributed by atoms with Crippen LogP contribution in [0.4, 0.5) is 17.6 Å². The lowest BCUT2D eigenvalue weighted by atomic mass is 10.1. The van der Waals surface area contributed by atoms with Crippen molar-refractivity contribution in [2.24, 2.45) is 0 Å². The van der Waals surface area contributed by atoms with Crippen molar-refractivity contribution in [3.8, 4) is 0 Å². The Labute approximate surface area is 164 Å². The number of aromatic nitrogens is 3. The molecule has 3 N–H and O–H groups in total. The Balaban J connectivity index is 1.59. The normalized spacial score (nSPS) is 14.2. The van der Waals surface area contributed by atoms with Crippen molar-refractivity contribution < 1.29 is 4.79 Å². The molecule has 0 bridgehead atoms. The molecule has 1 aromatic carbocycles. The quantitative estimate of drug-likeness (QED) is 0.755. The van der Waals surface area contributed by atoms with Crippen molar-refractivity contribution >= 4 is 35.3 Å². The molecule has 0 spiro atoms. The number of carbonyl (C=O) groups is 1. The second-order valence-corrected chi connectivity index (χ2v) is 7.49. The van der Waals surface area contributed by atoms with E-state index in [1.54, 1.807) is 0 Å². The Kier molecular flexibility index (Phi) is 6.86. The molecule has 0 radical (unpaired) electrons. The number of hydrogen-bond acceptors (Lipinski definition) is 7. The molecule has 1 fully saturated rings. The molecular formula is C19H26N6OS. The fourth-order valence-electron chi connectivity index (χ4n) is 3.09. The van der Waals surface area contributed by atoms with Crippen molar-refractivity contribution in [1.29, 1.82) is 0 Å². The number of para-hydroxylation sites is 1. The fourth-order valence-corrected chi connectivity index (χ4v) is 3.86. The third-order valence-corrected chi connectivity index (χ3v) is 5.42. The van der Waals surface area contributed by atoms with Crippen LogP contribution in [0.1, 0.15) is 37.6 Å². The minimum atomic E-state index is 0.180. The summed E-state index contributed by atoms with van der Waals surface area (Å²) in [4.78, 5) is 27.0. The molecule has 1 aliphatic heterocycles. The largest absolute Gasteiger partial charge is 0.368 e. The van der Waals surface area contributed by atoms with Crippen LogP contribution in [0.2, 0.25) is 0 Å². The molecule has 1 saturated heterocycles. The minimum absolute atomic E-state index is 0.180. The summed E-state index contributed by atoms with van der Waals surface area (Å²) in [5.74, 6) is 2.34. The van der Waals surface area contributed by atoms with Crippen LogP contribution < -0.4 is 11.1 Å². The van der Waals surface area contributed by atoms with Crippen molar-refractivity contribution in [3.05, 3.63) is 35.7 Å². The van der Waals surface area contributed by atoms with E-state index in [-0.39, 0.29) is 11.9 Å². The second-order valence-electron chi connectivity index (χ2n) is 6.50. The number of amides is 1. The minimum Gasteiger partial charge on any atom is -0.368 e. The van der Waals surface area contributed by atoms with Gasteiger partial charge in [0.25, 0.3) is 0 Å². The lowest BCUT2D eigenvalue weighted by molar-refractivity contribution is -0.129. The summed E-state index contributed by atoms with van der Waals surface area (Å²) < 4.78 is 0. The van der Waals surface area contributed by atoms with Gasteiger partial charge in [0.2, 0.25) is 17.8 Å². The van der Waals surface area contributed by atoms with Crippen molar-refractivity contribution in [3.63, 3.8) is 0 Å². The summed E-state index contributed by atoms with van der Waals surface area (Å²) in [7, 11) is 0. The maximum absolute atomic E-state index is 12.2. The van der Waals surface area contributed by atoms with E-state index in [0.717, 1.165) is 38.0 Å². The highest BCUT2D eigenvalue weighted by molar-refractivity contribution is 7.99. The molecule has 1 aromatic heterocycles. The Bertz CT molecular complexity index is 779. The average molecular weight is 387 g/mol. The molecule has 0 atom stereocenters. The first-order valence-electron chi connectivity index (χ1n) is 9.36. The van der Waals surface area contributed by atoms with Gasteiger partial charge >= 0.3 is 0 Å². The molecule has 2 aromatic rings. The van der Waals surface area contributed by atoms with Crippen LogP contribution in [0.5, 0.6) is 0 Å². The number of nitrogens with zero attached hydrogens (tertiary/aromatic N) is 4. The Morgan fingerprint density at radius 1 is 1.19 bits per heavy atom. The number of likely N-dealkylation sites (tertiary alicyclic amines) is 1. The molecule has 0 unspecified atom stereocenters. The summed E-state index contributed by atoms with van der Waals surface area (Å²) in [6.07, 6.45) is 4.34. The van der Waals surface area contributed by atoms with Gasteiger partial charge in [-0.15, -0.1) is 11.8 Å². The molecule has 1 amide bonds. The summed E-state index contributed by atoms with van der Waals surface area (Å²) >= 11 is 1.51. The Hall–Kier alpha value is -2.35. The molecule has 0 saturated carbocycles. The number of benzene rings is 1. The molecule has 0 aliphatic carbocycles. The number of hydrogen-bond donors (Lipinski definition) is 2. The molecule has 8 heteroatoms. The first-order chi connectivity index (χ1) is 13.2. The predicted octanol–water partition coefficient (Wildman–Crippen LogP) is 3.01. The van der Waals surface area contributed by atoms with Crippen LogP contribution in [-0.2, 0) is 17.0 Å². The summed E-state index contributed by atoms with van der Waals surface area (Å²) in [5.41, 5.74) is 7.99. The maximum atomic E-state index is 12.2. The van der Waals surface area contributed by atoms with Crippen molar-refractivity contribution in [2.75, 3.05) is 29.9 Å². The Morgan fingerprint density at radius 3 is 2.74 bits per heavy atom. The van der Waals surface area contributed by atoms with Gasteiger partial charge in [-0.05, 0) is 37.3 Å². The zero-order valence-corrected chi connectivity index (χ0v) is 16.5. The number of thioether (sulfide) groups is 1. The zero-order valence-electron chi connectivity index (χ0n) is 15.6. The van der Waals surface area contributed by atoms with E-state index in [9.17, 15) is 4.79 Å². The average Bonchev–Trinajstić information content (AvgIpc) is 2.68. The number of anilines is 3. The smallest absolute Gasteiger partial charge is 0.232 e. The standard InChI is InChI=1S/C19H26N6OS/c1-2-14-8-4-5-9-15(14)21-19-23-16(22-18(20)24-19)12-27-13-17(26)25-10-6-3-7-11-25/h4-5,8-9H,2-3,6-7,10-13H2,1H3,(H3,20,21,22,23,24). The van der Waals surface area contributed by atoms with Gasteiger partial charge in [-0.1, -0.05) is 25.1 Å². The zero-order chi connectivity index (χ0) is 19.1. The van der Waals surface area contributed by atoms with E-state index < -0.39 is 0 Å². The van der Waals surface area contributed by atoms with E-state index in [2.05, 4.69) is 33.3 Å². The van der Waals surface area contributed by atoms with Gasteiger partial charge in [0.1, 0.15) is 5.82 Å². The van der Waals surface area contributed by atoms with Gasteiger partial charge in [0.15, 0.2) is 0 Å². The second kappa shape index (κ2) is 9.55. The molecule has 1 aliphatic rings. The third kappa shape index (κ3) is 5.56. The van der Waals surface area contributed by atoms with E-state index in [1.165, 1.54) is 23.7 Å². The fraction of sp³-hybridized carbons (Fsp3) is 0.474. The first-order valence-corrected chi connectivity index (χ1v) is 10.5. The van der Waals surface area contributed by atoms with Gasteiger partial charge in [-0.2, -0.15) is 15.0 Å². The maximum Gasteiger partial charge on any atom is 0.232 e. The highest BCUT2D eigenvalue weighted by atomic mass is 32.2. The van der Waals surface area contributed by atoms with Gasteiger partial charge in [0, 0.05) is 18.8 Å². The van der Waals surface area contributed by atoms with Crippen LogP contribution in [0.25, 0.3) is 0 Å². The molecule has 7 nitrogen and oxygen atoms in total. The molecule has 2 heterocycles. The molecular weight excluding hydrogens is 360 g/mol. The van der Waals surface area contributed by atoms with Gasteiger partial charge in [-0.3, -0.25) is 4.79 Å². The number of nitrogen functional groups attached to an aromatic ring is 1. The summed E-state index contributed by atoms with van der Waals surface area (Å²) in [6.45, 7) is 3.86. The van der Waals surface area contributed by atoms with Gasteiger partial charge in [0.05, 0.1) is 11.5 Å². The Morgan fingerprint density at radius 2 is 1.96 bits per heavy atom. The predicted molar refractivity (Wildman–Crippen MR) is 110 cm³/mol. The van der Waals surface area contributed by atoms with E-state index in [0.29, 0.717) is 23.3 Å². The summed E-state index contributed by atoms with van der Waals surface area (Å²) in [6, 6.07) is 8.03. The number of rotatable bonds is 7. The third-order valence-electron chi connectivity index (χ3n) is 4.51. The van der Waals surface area contributed by atoms with Gasteiger partial charge in [-0.25, -0.2) is 0 Å². The van der Waals surface area contributed by atoms with E-state index >= 15 is 0 Å². The SMILES string of the molecule is CCc1ccccc1Nc1nc(N)nc(CSCC(=O)N2CCCCC2)n1. The van der Waals surface area contributed by atoms with Gasteiger partial charge < -0.3 is 16.0 Å². The lowest BCUT2D eigenvalue weighted by Gasteiger charge is -2.26. The number of nitrogens with two attached hydrogens (primary N) is 1. The highest BCUT2D eigenvalue weighted by Gasteiger charge is 2.16. The molecule has 27 heavy (non-hydrogen) atoms. The van der Waals surface area contributed by atoms with Crippen LogP contribution in [-0.4, -0.2) is 44.6 Å². The highest BCUT2D eigenvalue weighted by Crippen LogP contribution is 2.20. The molecule has 144 valence electrons. The monoisotopic (exact) mass is 386 g/mol.